The first-order valence-corrected chi connectivity index (χ1v) is 8.54. The molecule has 2 N–H and O–H groups in total. The van der Waals surface area contributed by atoms with Crippen LogP contribution in [0.25, 0.3) is 0 Å². The summed E-state index contributed by atoms with van der Waals surface area (Å²) < 4.78 is 5.09. The van der Waals surface area contributed by atoms with E-state index in [4.69, 9.17) is 4.42 Å². The van der Waals surface area contributed by atoms with Gasteiger partial charge in [0.05, 0.1) is 11.8 Å². The molecule has 0 aromatic carbocycles. The Bertz CT molecular complexity index is 692. The highest BCUT2D eigenvalue weighted by atomic mass is 32.1. The van der Waals surface area contributed by atoms with Crippen LogP contribution in [-0.4, -0.2) is 24.1 Å². The Morgan fingerprint density at radius 2 is 2.18 bits per heavy atom. The van der Waals surface area contributed by atoms with Crippen LogP contribution in [0.5, 0.6) is 0 Å². The first-order chi connectivity index (χ1) is 10.7. The lowest BCUT2D eigenvalue weighted by Gasteiger charge is -2.08. The number of nitrogens with one attached hydrogen (secondary N) is 2. The molecular formula is C15H16N2O3S2. The number of aryl methyl sites for hydroxylation is 1. The summed E-state index contributed by atoms with van der Waals surface area (Å²) in [5, 5.41) is 6.23. The van der Waals surface area contributed by atoms with Crippen molar-refractivity contribution >= 4 is 40.8 Å². The Kier molecular flexibility index (Phi) is 4.54. The van der Waals surface area contributed by atoms with Gasteiger partial charge in [0, 0.05) is 17.2 Å². The van der Waals surface area contributed by atoms with Crippen LogP contribution in [0.15, 0.2) is 22.8 Å². The molecule has 0 bridgehead atoms. The number of anilines is 1. The van der Waals surface area contributed by atoms with Crippen LogP contribution < -0.4 is 10.6 Å². The van der Waals surface area contributed by atoms with Gasteiger partial charge in [0.2, 0.25) is 0 Å². The summed E-state index contributed by atoms with van der Waals surface area (Å²) in [4.78, 5) is 25.7. The van der Waals surface area contributed by atoms with Crippen LogP contribution in [0.1, 0.15) is 37.8 Å². The molecule has 5 nitrogen and oxygen atoms in total. The molecule has 22 heavy (non-hydrogen) atoms. The molecule has 2 heterocycles. The first-order valence-electron chi connectivity index (χ1n) is 7.09. The highest BCUT2D eigenvalue weighted by Gasteiger charge is 2.27. The molecule has 2 aromatic heterocycles. The molecule has 1 aliphatic carbocycles. The minimum Gasteiger partial charge on any atom is -0.459 e. The summed E-state index contributed by atoms with van der Waals surface area (Å²) in [6.45, 7) is 0.498. The van der Waals surface area contributed by atoms with E-state index in [-0.39, 0.29) is 17.6 Å². The van der Waals surface area contributed by atoms with E-state index in [1.165, 1.54) is 22.5 Å². The summed E-state index contributed by atoms with van der Waals surface area (Å²) >= 11 is 5.58. The van der Waals surface area contributed by atoms with E-state index in [1.54, 1.807) is 12.1 Å². The second-order valence-electron chi connectivity index (χ2n) is 4.97. The maximum absolute atomic E-state index is 12.4. The maximum atomic E-state index is 12.4. The number of fused-ring (bicyclic) bond motifs is 1. The number of hydrogen-bond acceptors (Lipinski definition) is 5. The minimum atomic E-state index is -0.340. The largest absolute Gasteiger partial charge is 0.459 e. The van der Waals surface area contributed by atoms with Crippen LogP contribution in [-0.2, 0) is 12.8 Å². The number of rotatable bonds is 5. The fourth-order valence-electron chi connectivity index (χ4n) is 2.56. The van der Waals surface area contributed by atoms with Gasteiger partial charge in [-0.2, -0.15) is 12.6 Å². The number of thiophene rings is 1. The number of furan rings is 1. The lowest BCUT2D eigenvalue weighted by atomic mass is 10.1. The normalized spacial score (nSPS) is 13.0. The van der Waals surface area contributed by atoms with Crippen molar-refractivity contribution in [3.05, 3.63) is 40.2 Å². The van der Waals surface area contributed by atoms with Crippen molar-refractivity contribution in [1.82, 2.24) is 5.32 Å². The Hall–Kier alpha value is -1.73. The van der Waals surface area contributed by atoms with E-state index in [9.17, 15) is 9.59 Å². The smallest absolute Gasteiger partial charge is 0.291 e. The molecule has 0 saturated heterocycles. The van der Waals surface area contributed by atoms with Gasteiger partial charge in [0.1, 0.15) is 5.00 Å². The lowest BCUT2D eigenvalue weighted by molar-refractivity contribution is 0.0956. The van der Waals surface area contributed by atoms with Gasteiger partial charge in [0.25, 0.3) is 11.8 Å². The molecule has 1 aliphatic rings. The van der Waals surface area contributed by atoms with Crippen LogP contribution >= 0.6 is 24.0 Å². The van der Waals surface area contributed by atoms with Crippen molar-refractivity contribution in [2.75, 3.05) is 17.6 Å². The lowest BCUT2D eigenvalue weighted by Crippen LogP contribution is -2.27. The molecule has 0 atom stereocenters. The molecule has 116 valence electrons. The fraction of sp³-hybridized carbons (Fsp3) is 0.333. The molecule has 2 amide bonds. The Labute approximate surface area is 137 Å². The van der Waals surface area contributed by atoms with Crippen LogP contribution in [0, 0.1) is 0 Å². The third-order valence-corrected chi connectivity index (χ3v) is 4.95. The highest BCUT2D eigenvalue weighted by Crippen LogP contribution is 2.39. The van der Waals surface area contributed by atoms with Gasteiger partial charge in [-0.1, -0.05) is 0 Å². The number of thiol groups is 1. The molecular weight excluding hydrogens is 320 g/mol. The highest BCUT2D eigenvalue weighted by molar-refractivity contribution is 7.80. The summed E-state index contributed by atoms with van der Waals surface area (Å²) in [5.74, 6) is 0.318. The number of amides is 2. The second kappa shape index (κ2) is 6.58. The van der Waals surface area contributed by atoms with Crippen molar-refractivity contribution in [3.63, 3.8) is 0 Å². The molecule has 2 aromatic rings. The average Bonchev–Trinajstić information content (AvgIpc) is 3.20. The van der Waals surface area contributed by atoms with Crippen LogP contribution in [0.2, 0.25) is 0 Å². The van der Waals surface area contributed by atoms with Gasteiger partial charge in [-0.25, -0.2) is 0 Å². The minimum absolute atomic E-state index is 0.150. The van der Waals surface area contributed by atoms with E-state index in [2.05, 4.69) is 23.3 Å². The topological polar surface area (TPSA) is 71.3 Å². The van der Waals surface area contributed by atoms with Crippen LogP contribution in [0.4, 0.5) is 5.00 Å². The van der Waals surface area contributed by atoms with Crippen molar-refractivity contribution in [2.45, 2.75) is 19.3 Å². The SMILES string of the molecule is O=C(Nc1sc2c(c1C(=O)NCCS)CCC2)c1ccco1. The maximum Gasteiger partial charge on any atom is 0.291 e. The van der Waals surface area contributed by atoms with Crippen molar-refractivity contribution in [2.24, 2.45) is 0 Å². The van der Waals surface area contributed by atoms with Crippen molar-refractivity contribution in [3.8, 4) is 0 Å². The Morgan fingerprint density at radius 3 is 2.91 bits per heavy atom. The van der Waals surface area contributed by atoms with Gasteiger partial charge in [-0.05, 0) is 37.0 Å². The van der Waals surface area contributed by atoms with E-state index < -0.39 is 0 Å². The number of hydrogen-bond donors (Lipinski definition) is 3. The van der Waals surface area contributed by atoms with Crippen molar-refractivity contribution in [1.29, 1.82) is 0 Å². The van der Waals surface area contributed by atoms with Crippen LogP contribution in [0.3, 0.4) is 0 Å². The van der Waals surface area contributed by atoms with Gasteiger partial charge in [-0.3, -0.25) is 9.59 Å². The summed E-state index contributed by atoms with van der Waals surface area (Å²) in [6, 6.07) is 3.25. The molecule has 0 radical (unpaired) electrons. The zero-order chi connectivity index (χ0) is 15.5. The van der Waals surface area contributed by atoms with Gasteiger partial charge < -0.3 is 15.1 Å². The Morgan fingerprint density at radius 1 is 1.32 bits per heavy atom. The fourth-order valence-corrected chi connectivity index (χ4v) is 3.96. The summed E-state index contributed by atoms with van der Waals surface area (Å²) in [5.41, 5.74) is 1.66. The monoisotopic (exact) mass is 336 g/mol. The zero-order valence-corrected chi connectivity index (χ0v) is 13.6. The van der Waals surface area contributed by atoms with Crippen molar-refractivity contribution < 1.29 is 14.0 Å². The van der Waals surface area contributed by atoms with E-state index in [0.717, 1.165) is 24.8 Å². The number of carbonyl (C=O) groups is 2. The summed E-state index contributed by atoms with van der Waals surface area (Å²) in [7, 11) is 0. The predicted molar refractivity (Wildman–Crippen MR) is 89.2 cm³/mol. The molecule has 0 fully saturated rings. The number of carbonyl (C=O) groups excluding carboxylic acids is 2. The Balaban J connectivity index is 1.87. The van der Waals surface area contributed by atoms with E-state index in [0.29, 0.717) is 22.9 Å². The first kappa shape index (κ1) is 15.2. The molecule has 0 saturated carbocycles. The standard InChI is InChI=1S/C15H16N2O3S2/c18-13(10-4-2-7-20-10)17-15-12(14(19)16-6-8-21)9-3-1-5-11(9)22-15/h2,4,7,21H,1,3,5-6,8H2,(H,16,19)(H,17,18). The third-order valence-electron chi connectivity index (χ3n) is 3.52. The van der Waals surface area contributed by atoms with E-state index in [1.807, 2.05) is 0 Å². The molecule has 0 unspecified atom stereocenters. The molecule has 3 rings (SSSR count). The molecule has 0 aliphatic heterocycles. The van der Waals surface area contributed by atoms with Gasteiger partial charge in [0.15, 0.2) is 5.76 Å². The average molecular weight is 336 g/mol. The van der Waals surface area contributed by atoms with E-state index >= 15 is 0 Å². The molecule has 0 spiro atoms. The quantitative estimate of drug-likeness (QED) is 0.735. The molecule has 7 heteroatoms. The predicted octanol–water partition coefficient (Wildman–Crippen LogP) is 2.74. The van der Waals surface area contributed by atoms with Gasteiger partial charge >= 0.3 is 0 Å². The third kappa shape index (κ3) is 2.91. The summed E-state index contributed by atoms with van der Waals surface area (Å²) in [6.07, 6.45) is 4.35. The van der Waals surface area contributed by atoms with Gasteiger partial charge in [-0.15, -0.1) is 11.3 Å². The zero-order valence-electron chi connectivity index (χ0n) is 11.8. The second-order valence-corrected chi connectivity index (χ2v) is 6.52.